The highest BCUT2D eigenvalue weighted by atomic mass is 35.5. The standard InChI is InChI=1S/C10H9ClO2/c1-6-5-7-8(11)3-4-9(12-2)10(7)13-6/h3-5H,1-2H3. The van der Waals surface area contributed by atoms with Gasteiger partial charge in [-0.2, -0.15) is 0 Å². The molecule has 0 atom stereocenters. The van der Waals surface area contributed by atoms with Crippen molar-refractivity contribution in [2.75, 3.05) is 7.11 Å². The van der Waals surface area contributed by atoms with Gasteiger partial charge < -0.3 is 9.15 Å². The van der Waals surface area contributed by atoms with Gasteiger partial charge in [-0.15, -0.1) is 0 Å². The van der Waals surface area contributed by atoms with Gasteiger partial charge in [0.05, 0.1) is 12.1 Å². The highest BCUT2D eigenvalue weighted by molar-refractivity contribution is 6.35. The molecule has 2 nitrogen and oxygen atoms in total. The second-order valence-corrected chi connectivity index (χ2v) is 3.26. The van der Waals surface area contributed by atoms with Crippen LogP contribution in [0.25, 0.3) is 11.0 Å². The van der Waals surface area contributed by atoms with Crippen molar-refractivity contribution in [3.8, 4) is 5.75 Å². The second-order valence-electron chi connectivity index (χ2n) is 2.85. The van der Waals surface area contributed by atoms with E-state index in [1.807, 2.05) is 13.0 Å². The highest BCUT2D eigenvalue weighted by Crippen LogP contribution is 2.33. The monoisotopic (exact) mass is 196 g/mol. The van der Waals surface area contributed by atoms with E-state index in [9.17, 15) is 0 Å². The molecule has 0 aliphatic rings. The molecule has 0 unspecified atom stereocenters. The van der Waals surface area contributed by atoms with Crippen molar-refractivity contribution in [2.45, 2.75) is 6.92 Å². The van der Waals surface area contributed by atoms with Gasteiger partial charge in [0, 0.05) is 5.39 Å². The Morgan fingerprint density at radius 3 is 2.85 bits per heavy atom. The molecule has 0 N–H and O–H groups in total. The summed E-state index contributed by atoms with van der Waals surface area (Å²) in [4.78, 5) is 0. The maximum atomic E-state index is 5.98. The Hall–Kier alpha value is -1.15. The third-order valence-electron chi connectivity index (χ3n) is 1.94. The summed E-state index contributed by atoms with van der Waals surface area (Å²) in [5.41, 5.74) is 0.715. The number of hydrogen-bond donors (Lipinski definition) is 0. The van der Waals surface area contributed by atoms with Crippen molar-refractivity contribution < 1.29 is 9.15 Å². The van der Waals surface area contributed by atoms with Crippen molar-refractivity contribution in [1.82, 2.24) is 0 Å². The first-order chi connectivity index (χ1) is 6.22. The predicted molar refractivity (Wildman–Crippen MR) is 52.5 cm³/mol. The number of halogens is 1. The Bertz CT molecular complexity index is 445. The van der Waals surface area contributed by atoms with Gasteiger partial charge in [0.2, 0.25) is 0 Å². The van der Waals surface area contributed by atoms with E-state index in [0.29, 0.717) is 16.4 Å². The maximum absolute atomic E-state index is 5.98. The van der Waals surface area contributed by atoms with E-state index in [2.05, 4.69) is 0 Å². The molecule has 2 rings (SSSR count). The van der Waals surface area contributed by atoms with Crippen LogP contribution in [0, 0.1) is 6.92 Å². The molecule has 1 heterocycles. The molecule has 0 fully saturated rings. The Morgan fingerprint density at radius 1 is 1.38 bits per heavy atom. The maximum Gasteiger partial charge on any atom is 0.177 e. The van der Waals surface area contributed by atoms with Crippen LogP contribution in [0.5, 0.6) is 5.75 Å². The molecule has 0 spiro atoms. The zero-order chi connectivity index (χ0) is 9.42. The molecule has 0 saturated heterocycles. The molecule has 2 aromatic rings. The number of furan rings is 1. The molecule has 0 aliphatic heterocycles. The average molecular weight is 197 g/mol. The molecular formula is C10H9ClO2. The van der Waals surface area contributed by atoms with Crippen LogP contribution in [0.1, 0.15) is 5.76 Å². The Balaban J connectivity index is 2.83. The number of hydrogen-bond acceptors (Lipinski definition) is 2. The molecule has 0 amide bonds. The molecule has 0 radical (unpaired) electrons. The summed E-state index contributed by atoms with van der Waals surface area (Å²) in [6, 6.07) is 5.51. The zero-order valence-electron chi connectivity index (χ0n) is 7.43. The number of fused-ring (bicyclic) bond motifs is 1. The van der Waals surface area contributed by atoms with Gasteiger partial charge in [0.1, 0.15) is 5.76 Å². The zero-order valence-corrected chi connectivity index (χ0v) is 8.18. The minimum Gasteiger partial charge on any atom is -0.493 e. The van der Waals surface area contributed by atoms with Gasteiger partial charge in [-0.3, -0.25) is 0 Å². The first kappa shape index (κ1) is 8.45. The Morgan fingerprint density at radius 2 is 2.15 bits per heavy atom. The number of rotatable bonds is 1. The molecule has 3 heteroatoms. The van der Waals surface area contributed by atoms with Crippen LogP contribution >= 0.6 is 11.6 Å². The van der Waals surface area contributed by atoms with E-state index >= 15 is 0 Å². The minimum absolute atomic E-state index is 0.688. The fraction of sp³-hybridized carbons (Fsp3) is 0.200. The summed E-state index contributed by atoms with van der Waals surface area (Å²) in [6.45, 7) is 1.88. The van der Waals surface area contributed by atoms with Crippen LogP contribution in [0.4, 0.5) is 0 Å². The second kappa shape index (κ2) is 2.96. The Labute approximate surface area is 81.1 Å². The minimum atomic E-state index is 0.688. The number of methoxy groups -OCH3 is 1. The average Bonchev–Trinajstić information content (AvgIpc) is 2.48. The molecule has 68 valence electrons. The largest absolute Gasteiger partial charge is 0.493 e. The van der Waals surface area contributed by atoms with Gasteiger partial charge in [-0.05, 0) is 25.1 Å². The smallest absolute Gasteiger partial charge is 0.177 e. The van der Waals surface area contributed by atoms with Gasteiger partial charge in [-0.25, -0.2) is 0 Å². The molecule has 1 aromatic carbocycles. The van der Waals surface area contributed by atoms with Gasteiger partial charge in [-0.1, -0.05) is 11.6 Å². The van der Waals surface area contributed by atoms with E-state index in [0.717, 1.165) is 11.1 Å². The van der Waals surface area contributed by atoms with Crippen molar-refractivity contribution in [3.63, 3.8) is 0 Å². The SMILES string of the molecule is COc1ccc(Cl)c2cc(C)oc12. The summed E-state index contributed by atoms with van der Waals surface area (Å²) in [5, 5.41) is 1.59. The van der Waals surface area contributed by atoms with Crippen molar-refractivity contribution in [2.24, 2.45) is 0 Å². The van der Waals surface area contributed by atoms with Gasteiger partial charge >= 0.3 is 0 Å². The summed E-state index contributed by atoms with van der Waals surface area (Å²) in [6.07, 6.45) is 0. The molecule has 1 aromatic heterocycles. The Kier molecular flexibility index (Phi) is 1.93. The van der Waals surface area contributed by atoms with Crippen molar-refractivity contribution in [3.05, 3.63) is 29.0 Å². The van der Waals surface area contributed by atoms with Crippen LogP contribution < -0.4 is 4.74 Å². The van der Waals surface area contributed by atoms with Crippen molar-refractivity contribution in [1.29, 1.82) is 0 Å². The number of ether oxygens (including phenoxy) is 1. The summed E-state index contributed by atoms with van der Waals surface area (Å²) >= 11 is 5.98. The van der Waals surface area contributed by atoms with Gasteiger partial charge in [0.15, 0.2) is 11.3 Å². The van der Waals surface area contributed by atoms with Crippen molar-refractivity contribution >= 4 is 22.6 Å². The van der Waals surface area contributed by atoms with Crippen LogP contribution in [0.3, 0.4) is 0 Å². The predicted octanol–water partition coefficient (Wildman–Crippen LogP) is 3.40. The third kappa shape index (κ3) is 1.27. The molecular weight excluding hydrogens is 188 g/mol. The van der Waals surface area contributed by atoms with E-state index < -0.39 is 0 Å². The lowest BCUT2D eigenvalue weighted by atomic mass is 10.2. The fourth-order valence-electron chi connectivity index (χ4n) is 1.35. The summed E-state index contributed by atoms with van der Waals surface area (Å²) in [7, 11) is 1.61. The van der Waals surface area contributed by atoms with E-state index in [-0.39, 0.29) is 0 Å². The van der Waals surface area contributed by atoms with E-state index in [1.165, 1.54) is 0 Å². The van der Waals surface area contributed by atoms with Crippen LogP contribution in [0.15, 0.2) is 22.6 Å². The van der Waals surface area contributed by atoms with E-state index in [4.69, 9.17) is 20.8 Å². The van der Waals surface area contributed by atoms with Gasteiger partial charge in [0.25, 0.3) is 0 Å². The highest BCUT2D eigenvalue weighted by Gasteiger charge is 2.09. The normalized spacial score (nSPS) is 10.7. The number of aryl methyl sites for hydroxylation is 1. The summed E-state index contributed by atoms with van der Waals surface area (Å²) < 4.78 is 10.6. The molecule has 0 bridgehead atoms. The lowest BCUT2D eigenvalue weighted by molar-refractivity contribution is 0.409. The molecule has 0 saturated carbocycles. The quantitative estimate of drug-likeness (QED) is 0.698. The van der Waals surface area contributed by atoms with Crippen LogP contribution in [-0.2, 0) is 0 Å². The third-order valence-corrected chi connectivity index (χ3v) is 2.27. The summed E-state index contributed by atoms with van der Waals surface area (Å²) in [5.74, 6) is 1.55. The molecule has 13 heavy (non-hydrogen) atoms. The lowest BCUT2D eigenvalue weighted by Crippen LogP contribution is -1.82. The topological polar surface area (TPSA) is 22.4 Å². The first-order valence-corrected chi connectivity index (χ1v) is 4.33. The lowest BCUT2D eigenvalue weighted by Gasteiger charge is -2.00. The number of benzene rings is 1. The molecule has 0 aliphatic carbocycles. The first-order valence-electron chi connectivity index (χ1n) is 3.95. The fourth-order valence-corrected chi connectivity index (χ4v) is 1.55. The van der Waals surface area contributed by atoms with Crippen LogP contribution in [0.2, 0.25) is 5.02 Å². The van der Waals surface area contributed by atoms with Crippen LogP contribution in [-0.4, -0.2) is 7.11 Å². The van der Waals surface area contributed by atoms with E-state index in [1.54, 1.807) is 19.2 Å².